The topological polar surface area (TPSA) is 60.7 Å². The molecule has 0 spiro atoms. The number of rotatable bonds is 4. The van der Waals surface area contributed by atoms with Gasteiger partial charge in [0, 0.05) is 13.0 Å². The molecule has 0 saturated heterocycles. The Labute approximate surface area is 158 Å². The molecule has 0 aromatic rings. The molecular weight excluding hydrogens is 324 g/mol. The van der Waals surface area contributed by atoms with Gasteiger partial charge in [-0.25, -0.2) is 0 Å². The van der Waals surface area contributed by atoms with Crippen molar-refractivity contribution in [2.45, 2.75) is 77.4 Å². The van der Waals surface area contributed by atoms with E-state index in [1.54, 1.807) is 0 Å². The van der Waals surface area contributed by atoms with Gasteiger partial charge >= 0.3 is 0 Å². The standard InChI is InChI=1S/C23H36O3/c1-15(10-12-24)20-8-9-21-17(5-4-11-23(20,21)3)6-7-18-13-19(25)14-22(26)16(18)2/h6-7,15,19-22,24-26H,2,4-5,8-14H2,1,3H3/b17-6+,18-7-/t15-,19-,20-,21+,22+,23-/m1/s1. The van der Waals surface area contributed by atoms with Gasteiger partial charge in [0.05, 0.1) is 12.2 Å². The Morgan fingerprint density at radius 2 is 2.04 bits per heavy atom. The highest BCUT2D eigenvalue weighted by Crippen LogP contribution is 2.59. The van der Waals surface area contributed by atoms with Gasteiger partial charge in [-0.05, 0) is 79.3 Å². The van der Waals surface area contributed by atoms with Crippen LogP contribution in [-0.2, 0) is 0 Å². The first-order chi connectivity index (χ1) is 12.4. The van der Waals surface area contributed by atoms with Gasteiger partial charge in [-0.15, -0.1) is 0 Å². The summed E-state index contributed by atoms with van der Waals surface area (Å²) >= 11 is 0. The number of allylic oxidation sites excluding steroid dienone is 3. The summed E-state index contributed by atoms with van der Waals surface area (Å²) in [6.07, 6.45) is 11.4. The maximum Gasteiger partial charge on any atom is 0.0811 e. The summed E-state index contributed by atoms with van der Waals surface area (Å²) in [7, 11) is 0. The molecule has 6 atom stereocenters. The molecule has 3 nitrogen and oxygen atoms in total. The fraction of sp³-hybridized carbons (Fsp3) is 0.739. The predicted octanol–water partition coefficient (Wildman–Crippen LogP) is 4.15. The third kappa shape index (κ3) is 3.72. The van der Waals surface area contributed by atoms with Gasteiger partial charge in [-0.2, -0.15) is 0 Å². The first-order valence-electron chi connectivity index (χ1n) is 10.4. The normalized spacial score (nSPS) is 42.3. The summed E-state index contributed by atoms with van der Waals surface area (Å²) in [6.45, 7) is 9.10. The zero-order chi connectivity index (χ0) is 18.9. The van der Waals surface area contributed by atoms with E-state index in [0.29, 0.717) is 42.6 Å². The maximum atomic E-state index is 10.1. The predicted molar refractivity (Wildman–Crippen MR) is 106 cm³/mol. The molecule has 0 amide bonds. The van der Waals surface area contributed by atoms with E-state index in [2.05, 4.69) is 32.6 Å². The molecule has 0 unspecified atom stereocenters. The quantitative estimate of drug-likeness (QED) is 0.706. The van der Waals surface area contributed by atoms with Crippen LogP contribution in [0.3, 0.4) is 0 Å². The van der Waals surface area contributed by atoms with Crippen LogP contribution in [0.15, 0.2) is 35.5 Å². The summed E-state index contributed by atoms with van der Waals surface area (Å²) in [5.41, 5.74) is 3.65. The number of hydrogen-bond acceptors (Lipinski definition) is 3. The summed E-state index contributed by atoms with van der Waals surface area (Å²) in [4.78, 5) is 0. The summed E-state index contributed by atoms with van der Waals surface area (Å²) < 4.78 is 0. The van der Waals surface area contributed by atoms with Gasteiger partial charge in [0.2, 0.25) is 0 Å². The Bertz CT molecular complexity index is 590. The zero-order valence-electron chi connectivity index (χ0n) is 16.5. The van der Waals surface area contributed by atoms with E-state index < -0.39 is 12.2 Å². The van der Waals surface area contributed by atoms with Crippen LogP contribution in [-0.4, -0.2) is 34.1 Å². The Morgan fingerprint density at radius 3 is 2.77 bits per heavy atom. The van der Waals surface area contributed by atoms with Crippen molar-refractivity contribution < 1.29 is 15.3 Å². The van der Waals surface area contributed by atoms with E-state index in [9.17, 15) is 15.3 Å². The Balaban J connectivity index is 1.80. The van der Waals surface area contributed by atoms with E-state index in [1.165, 1.54) is 31.3 Å². The molecule has 146 valence electrons. The molecule has 0 heterocycles. The SMILES string of the molecule is C=C1/C(=C\C=C2/CCC[C@]3(C)[C@@H]([C@H](C)CCO)CC[C@@H]23)C[C@@H](O)C[C@@H]1O. The van der Waals surface area contributed by atoms with Gasteiger partial charge in [0.1, 0.15) is 0 Å². The lowest BCUT2D eigenvalue weighted by atomic mass is 9.61. The molecule has 0 aromatic carbocycles. The Kier molecular flexibility index (Phi) is 6.11. The molecule has 3 heteroatoms. The van der Waals surface area contributed by atoms with Crippen molar-refractivity contribution in [2.24, 2.45) is 23.2 Å². The fourth-order valence-electron chi connectivity index (χ4n) is 6.08. The van der Waals surface area contributed by atoms with Crippen LogP contribution in [0.5, 0.6) is 0 Å². The fourth-order valence-corrected chi connectivity index (χ4v) is 6.08. The van der Waals surface area contributed by atoms with Crippen molar-refractivity contribution in [3.63, 3.8) is 0 Å². The first-order valence-corrected chi connectivity index (χ1v) is 10.4. The van der Waals surface area contributed by atoms with Crippen LogP contribution >= 0.6 is 0 Å². The van der Waals surface area contributed by atoms with Crippen LogP contribution in [0.2, 0.25) is 0 Å². The van der Waals surface area contributed by atoms with E-state index in [0.717, 1.165) is 24.0 Å². The first kappa shape index (κ1) is 19.9. The second-order valence-electron chi connectivity index (χ2n) is 9.15. The zero-order valence-corrected chi connectivity index (χ0v) is 16.5. The van der Waals surface area contributed by atoms with Crippen molar-refractivity contribution >= 4 is 0 Å². The van der Waals surface area contributed by atoms with Gasteiger partial charge in [0.15, 0.2) is 0 Å². The minimum Gasteiger partial charge on any atom is -0.396 e. The maximum absolute atomic E-state index is 10.1. The second-order valence-corrected chi connectivity index (χ2v) is 9.15. The molecule has 0 radical (unpaired) electrons. The molecule has 3 rings (SSSR count). The van der Waals surface area contributed by atoms with Gasteiger partial charge in [-0.3, -0.25) is 0 Å². The largest absolute Gasteiger partial charge is 0.396 e. The molecule has 3 N–H and O–H groups in total. The number of hydrogen-bond donors (Lipinski definition) is 3. The average molecular weight is 361 g/mol. The minimum absolute atomic E-state index is 0.292. The van der Waals surface area contributed by atoms with Crippen molar-refractivity contribution in [1.82, 2.24) is 0 Å². The van der Waals surface area contributed by atoms with Crippen LogP contribution in [0, 0.1) is 23.2 Å². The van der Waals surface area contributed by atoms with Gasteiger partial charge < -0.3 is 15.3 Å². The lowest BCUT2D eigenvalue weighted by Crippen LogP contribution is -2.36. The number of aliphatic hydroxyl groups excluding tert-OH is 3. The molecule has 3 fully saturated rings. The smallest absolute Gasteiger partial charge is 0.0811 e. The van der Waals surface area contributed by atoms with E-state index in [4.69, 9.17) is 0 Å². The molecule has 3 aliphatic carbocycles. The molecular formula is C23H36O3. The lowest BCUT2D eigenvalue weighted by molar-refractivity contribution is 0.0849. The summed E-state index contributed by atoms with van der Waals surface area (Å²) in [5.74, 6) is 1.91. The monoisotopic (exact) mass is 360 g/mol. The lowest BCUT2D eigenvalue weighted by Gasteiger charge is -2.44. The molecule has 0 aromatic heterocycles. The summed E-state index contributed by atoms with van der Waals surface area (Å²) in [5, 5.41) is 29.4. The summed E-state index contributed by atoms with van der Waals surface area (Å²) in [6, 6.07) is 0. The van der Waals surface area contributed by atoms with Crippen molar-refractivity contribution in [1.29, 1.82) is 0 Å². The third-order valence-electron chi connectivity index (χ3n) is 7.57. The molecule has 0 aliphatic heterocycles. The third-order valence-corrected chi connectivity index (χ3v) is 7.57. The van der Waals surface area contributed by atoms with E-state index in [1.807, 2.05) is 0 Å². The van der Waals surface area contributed by atoms with Gasteiger partial charge in [0.25, 0.3) is 0 Å². The van der Waals surface area contributed by atoms with E-state index >= 15 is 0 Å². The van der Waals surface area contributed by atoms with Crippen molar-refractivity contribution in [3.8, 4) is 0 Å². The van der Waals surface area contributed by atoms with Crippen LogP contribution in [0.25, 0.3) is 0 Å². The minimum atomic E-state index is -0.616. The van der Waals surface area contributed by atoms with Crippen LogP contribution in [0.4, 0.5) is 0 Å². The average Bonchev–Trinajstić information content (AvgIpc) is 2.94. The van der Waals surface area contributed by atoms with Crippen molar-refractivity contribution in [3.05, 3.63) is 35.5 Å². The highest BCUT2D eigenvalue weighted by molar-refractivity contribution is 5.38. The van der Waals surface area contributed by atoms with Crippen LogP contribution < -0.4 is 0 Å². The Morgan fingerprint density at radius 1 is 1.27 bits per heavy atom. The van der Waals surface area contributed by atoms with E-state index in [-0.39, 0.29) is 0 Å². The van der Waals surface area contributed by atoms with Gasteiger partial charge in [-0.1, -0.05) is 38.2 Å². The second kappa shape index (κ2) is 8.00. The molecule has 26 heavy (non-hydrogen) atoms. The number of fused-ring (bicyclic) bond motifs is 1. The molecule has 0 bridgehead atoms. The number of aliphatic hydroxyl groups is 3. The highest BCUT2D eigenvalue weighted by atomic mass is 16.3. The van der Waals surface area contributed by atoms with Crippen molar-refractivity contribution in [2.75, 3.05) is 6.61 Å². The molecule has 3 aliphatic rings. The highest BCUT2D eigenvalue weighted by Gasteiger charge is 2.50. The molecule has 3 saturated carbocycles. The Hall–Kier alpha value is -0.900. The van der Waals surface area contributed by atoms with Crippen LogP contribution in [0.1, 0.15) is 65.2 Å².